The molecule has 0 heterocycles. The largest absolute Gasteiger partial charge is 0.495 e. The highest BCUT2D eigenvalue weighted by Crippen LogP contribution is 2.27. The Morgan fingerprint density at radius 2 is 1.81 bits per heavy atom. The summed E-state index contributed by atoms with van der Waals surface area (Å²) >= 11 is 0. The summed E-state index contributed by atoms with van der Waals surface area (Å²) in [6.45, 7) is 1.61. The predicted octanol–water partition coefficient (Wildman–Crippen LogP) is 2.06. The first-order chi connectivity index (χ1) is 15.3. The van der Waals surface area contributed by atoms with Crippen LogP contribution in [0.25, 0.3) is 0 Å². The van der Waals surface area contributed by atoms with Gasteiger partial charge in [-0.15, -0.1) is 0 Å². The van der Waals surface area contributed by atoms with Crippen molar-refractivity contribution in [3.63, 3.8) is 0 Å². The highest BCUT2D eigenvalue weighted by Gasteiger charge is 2.26. The zero-order valence-corrected chi connectivity index (χ0v) is 18.8. The zero-order valence-electron chi connectivity index (χ0n) is 18.0. The Morgan fingerprint density at radius 3 is 2.50 bits per heavy atom. The van der Waals surface area contributed by atoms with E-state index in [2.05, 4.69) is 15.6 Å². The second kappa shape index (κ2) is 10.5. The third-order valence-corrected chi connectivity index (χ3v) is 6.61. The molecule has 0 atom stereocenters. The Labute approximate surface area is 187 Å². The first kappa shape index (κ1) is 23.6. The van der Waals surface area contributed by atoms with Crippen molar-refractivity contribution in [1.82, 2.24) is 15.6 Å². The van der Waals surface area contributed by atoms with E-state index in [0.717, 1.165) is 31.2 Å². The predicted molar refractivity (Wildman–Crippen MR) is 118 cm³/mol. The SMILES string of the molecule is COc1ccc(C(=O)NNC(=O)COc2cccc(C)c2)cc1S(=O)(=O)NC1CCCC1. The smallest absolute Gasteiger partial charge is 0.276 e. The molecule has 2 amide bonds. The Balaban J connectivity index is 1.62. The molecular formula is C22H27N3O6S. The number of amides is 2. The molecule has 0 aliphatic heterocycles. The molecule has 0 unspecified atom stereocenters. The summed E-state index contributed by atoms with van der Waals surface area (Å²) in [5, 5.41) is 0. The Hall–Kier alpha value is -3.11. The molecule has 1 aliphatic rings. The van der Waals surface area contributed by atoms with Gasteiger partial charge in [0.05, 0.1) is 7.11 Å². The summed E-state index contributed by atoms with van der Waals surface area (Å²) in [5.41, 5.74) is 5.56. The van der Waals surface area contributed by atoms with Gasteiger partial charge in [-0.1, -0.05) is 25.0 Å². The highest BCUT2D eigenvalue weighted by atomic mass is 32.2. The van der Waals surface area contributed by atoms with Gasteiger partial charge in [0.2, 0.25) is 10.0 Å². The number of nitrogens with one attached hydrogen (secondary N) is 3. The molecule has 1 fully saturated rings. The molecule has 3 N–H and O–H groups in total. The minimum atomic E-state index is -3.88. The number of hydrazine groups is 1. The van der Waals surface area contributed by atoms with Crippen molar-refractivity contribution in [2.45, 2.75) is 43.5 Å². The number of sulfonamides is 1. The first-order valence-corrected chi connectivity index (χ1v) is 11.8. The van der Waals surface area contributed by atoms with Crippen LogP contribution in [0.4, 0.5) is 0 Å². The van der Waals surface area contributed by atoms with Crippen molar-refractivity contribution < 1.29 is 27.5 Å². The minimum Gasteiger partial charge on any atom is -0.495 e. The maximum Gasteiger partial charge on any atom is 0.276 e. The fourth-order valence-corrected chi connectivity index (χ4v) is 4.94. The van der Waals surface area contributed by atoms with Crippen LogP contribution in [0.1, 0.15) is 41.6 Å². The summed E-state index contributed by atoms with van der Waals surface area (Å²) < 4.78 is 38.9. The molecule has 1 aliphatic carbocycles. The molecule has 0 radical (unpaired) electrons. The summed E-state index contributed by atoms with van der Waals surface area (Å²) in [5.74, 6) is -0.577. The summed E-state index contributed by atoms with van der Waals surface area (Å²) in [7, 11) is -2.52. The molecule has 0 saturated heterocycles. The lowest BCUT2D eigenvalue weighted by Gasteiger charge is -2.16. The van der Waals surface area contributed by atoms with Gasteiger partial charge in [-0.3, -0.25) is 20.4 Å². The molecule has 1 saturated carbocycles. The number of rotatable bonds is 8. The van der Waals surface area contributed by atoms with Crippen molar-refractivity contribution in [3.8, 4) is 11.5 Å². The van der Waals surface area contributed by atoms with Crippen LogP contribution in [0.2, 0.25) is 0 Å². The average molecular weight is 462 g/mol. The van der Waals surface area contributed by atoms with E-state index < -0.39 is 21.8 Å². The van der Waals surface area contributed by atoms with Crippen LogP contribution in [0, 0.1) is 6.92 Å². The quantitative estimate of drug-likeness (QED) is 0.517. The number of hydrogen-bond donors (Lipinski definition) is 3. The molecule has 0 bridgehead atoms. The Bertz CT molecular complexity index is 1080. The number of methoxy groups -OCH3 is 1. The van der Waals surface area contributed by atoms with Gasteiger partial charge in [0.25, 0.3) is 11.8 Å². The van der Waals surface area contributed by atoms with E-state index in [0.29, 0.717) is 5.75 Å². The molecule has 2 aromatic rings. The number of ether oxygens (including phenoxy) is 2. The van der Waals surface area contributed by atoms with Crippen LogP contribution in [-0.2, 0) is 14.8 Å². The van der Waals surface area contributed by atoms with E-state index in [4.69, 9.17) is 9.47 Å². The van der Waals surface area contributed by atoms with Gasteiger partial charge in [0, 0.05) is 11.6 Å². The highest BCUT2D eigenvalue weighted by molar-refractivity contribution is 7.89. The van der Waals surface area contributed by atoms with Gasteiger partial charge in [0.1, 0.15) is 16.4 Å². The molecule has 0 aromatic heterocycles. The van der Waals surface area contributed by atoms with Gasteiger partial charge >= 0.3 is 0 Å². The third kappa shape index (κ3) is 6.21. The van der Waals surface area contributed by atoms with Crippen LogP contribution in [0.3, 0.4) is 0 Å². The average Bonchev–Trinajstić information content (AvgIpc) is 3.28. The van der Waals surface area contributed by atoms with Crippen LogP contribution < -0.4 is 25.0 Å². The molecule has 172 valence electrons. The topological polar surface area (TPSA) is 123 Å². The minimum absolute atomic E-state index is 0.0532. The third-order valence-electron chi connectivity index (χ3n) is 5.07. The fourth-order valence-electron chi connectivity index (χ4n) is 3.44. The summed E-state index contributed by atoms with van der Waals surface area (Å²) in [4.78, 5) is 24.3. The van der Waals surface area contributed by atoms with Gasteiger partial charge in [-0.05, 0) is 55.7 Å². The van der Waals surface area contributed by atoms with E-state index >= 15 is 0 Å². The van der Waals surface area contributed by atoms with Gasteiger partial charge in [-0.25, -0.2) is 13.1 Å². The van der Waals surface area contributed by atoms with E-state index in [9.17, 15) is 18.0 Å². The van der Waals surface area contributed by atoms with Crippen LogP contribution in [0.15, 0.2) is 47.4 Å². The van der Waals surface area contributed by atoms with E-state index in [1.807, 2.05) is 13.0 Å². The molecule has 32 heavy (non-hydrogen) atoms. The van der Waals surface area contributed by atoms with Crippen molar-refractivity contribution in [2.75, 3.05) is 13.7 Å². The zero-order chi connectivity index (χ0) is 23.1. The van der Waals surface area contributed by atoms with Crippen LogP contribution in [-0.4, -0.2) is 40.0 Å². The molecule has 2 aromatic carbocycles. The summed E-state index contributed by atoms with van der Waals surface area (Å²) in [6.07, 6.45) is 3.50. The molecule has 9 nitrogen and oxygen atoms in total. The Morgan fingerprint density at radius 1 is 1.06 bits per heavy atom. The van der Waals surface area contributed by atoms with E-state index in [1.165, 1.54) is 25.3 Å². The van der Waals surface area contributed by atoms with Gasteiger partial charge in [-0.2, -0.15) is 0 Å². The lowest BCUT2D eigenvalue weighted by Crippen LogP contribution is -2.43. The monoisotopic (exact) mass is 461 g/mol. The van der Waals surface area contributed by atoms with E-state index in [-0.39, 0.29) is 28.9 Å². The number of hydrogen-bond acceptors (Lipinski definition) is 6. The standard InChI is InChI=1S/C22H27N3O6S/c1-15-6-5-9-18(12-15)31-14-21(26)23-24-22(27)16-10-11-19(30-2)20(13-16)32(28,29)25-17-7-3-4-8-17/h5-6,9-13,17,25H,3-4,7-8,14H2,1-2H3,(H,23,26)(H,24,27). The van der Waals surface area contributed by atoms with E-state index in [1.54, 1.807) is 18.2 Å². The number of aryl methyl sites for hydroxylation is 1. The van der Waals surface area contributed by atoms with Gasteiger partial charge < -0.3 is 9.47 Å². The van der Waals surface area contributed by atoms with Crippen molar-refractivity contribution in [2.24, 2.45) is 0 Å². The fraction of sp³-hybridized carbons (Fsp3) is 0.364. The van der Waals surface area contributed by atoms with Crippen LogP contribution >= 0.6 is 0 Å². The molecule has 10 heteroatoms. The molecule has 0 spiro atoms. The number of benzene rings is 2. The van der Waals surface area contributed by atoms with Crippen LogP contribution in [0.5, 0.6) is 11.5 Å². The molecular weight excluding hydrogens is 434 g/mol. The lowest BCUT2D eigenvalue weighted by atomic mass is 10.2. The summed E-state index contributed by atoms with van der Waals surface area (Å²) in [6, 6.07) is 11.1. The van der Waals surface area contributed by atoms with Crippen molar-refractivity contribution >= 4 is 21.8 Å². The van der Waals surface area contributed by atoms with Crippen molar-refractivity contribution in [3.05, 3.63) is 53.6 Å². The second-order valence-electron chi connectivity index (χ2n) is 7.58. The number of carbonyl (C=O) groups excluding carboxylic acids is 2. The van der Waals surface area contributed by atoms with Crippen molar-refractivity contribution in [1.29, 1.82) is 0 Å². The first-order valence-electron chi connectivity index (χ1n) is 10.3. The normalized spacial score (nSPS) is 14.1. The maximum absolute atomic E-state index is 12.8. The Kier molecular flexibility index (Phi) is 7.70. The second-order valence-corrected chi connectivity index (χ2v) is 9.26. The maximum atomic E-state index is 12.8. The number of carbonyl (C=O) groups is 2. The van der Waals surface area contributed by atoms with Gasteiger partial charge in [0.15, 0.2) is 6.61 Å². The molecule has 3 rings (SSSR count). The lowest BCUT2D eigenvalue weighted by molar-refractivity contribution is -0.123.